The van der Waals surface area contributed by atoms with Crippen molar-refractivity contribution in [1.29, 1.82) is 0 Å². The molecule has 8 heteroatoms. The van der Waals surface area contributed by atoms with Crippen molar-refractivity contribution in [2.24, 2.45) is 0 Å². The summed E-state index contributed by atoms with van der Waals surface area (Å²) in [4.78, 5) is 20.9. The molecule has 4 aromatic rings. The van der Waals surface area contributed by atoms with Crippen LogP contribution in [0, 0.1) is 6.92 Å². The van der Waals surface area contributed by atoms with Crippen molar-refractivity contribution < 1.29 is 13.9 Å². The predicted octanol–water partition coefficient (Wildman–Crippen LogP) is 5.74. The average molecular weight is 517 g/mol. The number of anilines is 1. The van der Waals surface area contributed by atoms with Gasteiger partial charge in [-0.25, -0.2) is 4.98 Å². The molecule has 4 rings (SSSR count). The van der Waals surface area contributed by atoms with E-state index in [9.17, 15) is 4.79 Å². The third kappa shape index (κ3) is 4.49. The van der Waals surface area contributed by atoms with Crippen LogP contribution >= 0.6 is 31.9 Å². The Hall–Kier alpha value is -2.71. The minimum absolute atomic E-state index is 0.112. The second kappa shape index (κ2) is 8.34. The second-order valence-corrected chi connectivity index (χ2v) is 8.08. The van der Waals surface area contributed by atoms with E-state index < -0.39 is 0 Å². The highest BCUT2D eigenvalue weighted by Gasteiger charge is 2.12. The number of aromatic nitrogens is 2. The van der Waals surface area contributed by atoms with Crippen LogP contribution in [0.2, 0.25) is 0 Å². The molecule has 0 radical (unpaired) electrons. The first-order valence-corrected chi connectivity index (χ1v) is 10.3. The molecule has 2 aromatic heterocycles. The molecular weight excluding hydrogens is 502 g/mol. The number of fused-ring (bicyclic) bond motifs is 1. The Balaban J connectivity index is 1.46. The number of halogens is 2. The minimum atomic E-state index is -0.269. The molecule has 0 spiro atoms. The number of nitrogens with one attached hydrogen (secondary N) is 1. The van der Waals surface area contributed by atoms with E-state index in [1.165, 1.54) is 0 Å². The Bertz CT molecular complexity index is 1170. The zero-order valence-corrected chi connectivity index (χ0v) is 18.5. The second-order valence-electron chi connectivity index (χ2n) is 6.31. The van der Waals surface area contributed by atoms with E-state index in [2.05, 4.69) is 47.1 Å². The Morgan fingerprint density at radius 2 is 2.07 bits per heavy atom. The Morgan fingerprint density at radius 3 is 2.83 bits per heavy atom. The maximum Gasteiger partial charge on any atom is 0.262 e. The van der Waals surface area contributed by atoms with Crippen LogP contribution in [0.15, 0.2) is 68.2 Å². The summed E-state index contributed by atoms with van der Waals surface area (Å²) in [5.41, 5.74) is 3.61. The number of benzene rings is 2. The third-order valence-corrected chi connectivity index (χ3v) is 5.17. The number of amides is 1. The standard InChI is InChI=1S/C21H15Br2N3O3/c1-12-7-14(22)8-16(23)20(12)28-11-19(27)25-15-4-5-18-17(9-15)26-21(29-18)13-3-2-6-24-10-13/h2-10H,11H2,1H3,(H,25,27). The van der Waals surface area contributed by atoms with Crippen LogP contribution in [0.3, 0.4) is 0 Å². The molecule has 0 atom stereocenters. The fraction of sp³-hybridized carbons (Fsp3) is 0.0952. The van der Waals surface area contributed by atoms with Crippen molar-refractivity contribution in [1.82, 2.24) is 9.97 Å². The molecule has 2 aromatic carbocycles. The van der Waals surface area contributed by atoms with Crippen molar-refractivity contribution in [3.8, 4) is 17.2 Å². The highest BCUT2D eigenvalue weighted by molar-refractivity contribution is 9.11. The number of aryl methyl sites for hydroxylation is 1. The summed E-state index contributed by atoms with van der Waals surface area (Å²) in [6.45, 7) is 1.81. The van der Waals surface area contributed by atoms with Crippen molar-refractivity contribution in [2.75, 3.05) is 11.9 Å². The number of rotatable bonds is 5. The monoisotopic (exact) mass is 515 g/mol. The van der Waals surface area contributed by atoms with Gasteiger partial charge < -0.3 is 14.5 Å². The van der Waals surface area contributed by atoms with E-state index in [1.807, 2.05) is 31.2 Å². The lowest BCUT2D eigenvalue weighted by Crippen LogP contribution is -2.20. The summed E-state index contributed by atoms with van der Waals surface area (Å²) in [6.07, 6.45) is 3.38. The number of pyridine rings is 1. The van der Waals surface area contributed by atoms with Gasteiger partial charge in [0, 0.05) is 22.6 Å². The maximum atomic E-state index is 12.3. The van der Waals surface area contributed by atoms with E-state index >= 15 is 0 Å². The van der Waals surface area contributed by atoms with Crippen LogP contribution in [0.4, 0.5) is 5.69 Å². The zero-order valence-electron chi connectivity index (χ0n) is 15.3. The smallest absolute Gasteiger partial charge is 0.262 e. The molecular formula is C21H15Br2N3O3. The third-order valence-electron chi connectivity index (χ3n) is 4.12. The number of carbonyl (C=O) groups excluding carboxylic acids is 1. The topological polar surface area (TPSA) is 77.2 Å². The number of hydrogen-bond acceptors (Lipinski definition) is 5. The van der Waals surface area contributed by atoms with Gasteiger partial charge in [-0.3, -0.25) is 9.78 Å². The first-order chi connectivity index (χ1) is 14.0. The van der Waals surface area contributed by atoms with Gasteiger partial charge in [-0.15, -0.1) is 0 Å². The Kier molecular flexibility index (Phi) is 5.64. The summed E-state index contributed by atoms with van der Waals surface area (Å²) < 4.78 is 13.2. The lowest BCUT2D eigenvalue weighted by Gasteiger charge is -2.12. The minimum Gasteiger partial charge on any atom is -0.482 e. The van der Waals surface area contributed by atoms with Gasteiger partial charge in [0.2, 0.25) is 5.89 Å². The van der Waals surface area contributed by atoms with Gasteiger partial charge in [0.15, 0.2) is 12.2 Å². The normalized spacial score (nSPS) is 10.9. The van der Waals surface area contributed by atoms with Crippen molar-refractivity contribution in [3.05, 3.63) is 69.4 Å². The Morgan fingerprint density at radius 1 is 1.21 bits per heavy atom. The number of carbonyl (C=O) groups is 1. The van der Waals surface area contributed by atoms with Crippen LogP contribution in [-0.2, 0) is 4.79 Å². The molecule has 0 unspecified atom stereocenters. The molecule has 0 aliphatic heterocycles. The van der Waals surface area contributed by atoms with Crippen LogP contribution < -0.4 is 10.1 Å². The van der Waals surface area contributed by atoms with Gasteiger partial charge >= 0.3 is 0 Å². The van der Waals surface area contributed by atoms with Crippen LogP contribution in [0.25, 0.3) is 22.6 Å². The lowest BCUT2D eigenvalue weighted by molar-refractivity contribution is -0.118. The van der Waals surface area contributed by atoms with Crippen molar-refractivity contribution in [2.45, 2.75) is 6.92 Å². The van der Waals surface area contributed by atoms with Crippen LogP contribution in [-0.4, -0.2) is 22.5 Å². The fourth-order valence-corrected chi connectivity index (χ4v) is 4.38. The molecule has 29 heavy (non-hydrogen) atoms. The quantitative estimate of drug-likeness (QED) is 0.366. The molecule has 0 fully saturated rings. The molecule has 1 amide bonds. The van der Waals surface area contributed by atoms with E-state index in [0.717, 1.165) is 20.1 Å². The zero-order chi connectivity index (χ0) is 20.4. The molecule has 0 aliphatic carbocycles. The van der Waals surface area contributed by atoms with Gasteiger partial charge in [0.05, 0.1) is 10.0 Å². The molecule has 2 heterocycles. The van der Waals surface area contributed by atoms with Gasteiger partial charge in [-0.05, 0) is 70.9 Å². The summed E-state index contributed by atoms with van der Waals surface area (Å²) in [5.74, 6) is 0.849. The van der Waals surface area contributed by atoms with E-state index in [4.69, 9.17) is 9.15 Å². The predicted molar refractivity (Wildman–Crippen MR) is 118 cm³/mol. The number of hydrogen-bond donors (Lipinski definition) is 1. The first kappa shape index (κ1) is 19.6. The highest BCUT2D eigenvalue weighted by Crippen LogP contribution is 2.32. The number of nitrogens with zero attached hydrogens (tertiary/aromatic N) is 2. The van der Waals surface area contributed by atoms with Gasteiger partial charge in [-0.2, -0.15) is 0 Å². The lowest BCUT2D eigenvalue weighted by atomic mass is 10.2. The SMILES string of the molecule is Cc1cc(Br)cc(Br)c1OCC(=O)Nc1ccc2oc(-c3cccnc3)nc2c1. The van der Waals surface area contributed by atoms with Gasteiger partial charge in [0.1, 0.15) is 11.3 Å². The summed E-state index contributed by atoms with van der Waals surface area (Å²) in [5, 5.41) is 2.82. The molecule has 0 saturated carbocycles. The molecule has 0 aliphatic rings. The van der Waals surface area contributed by atoms with Crippen molar-refractivity contribution in [3.63, 3.8) is 0 Å². The molecule has 146 valence electrons. The summed E-state index contributed by atoms with van der Waals surface area (Å²) >= 11 is 6.88. The molecule has 6 nitrogen and oxygen atoms in total. The maximum absolute atomic E-state index is 12.3. The summed E-state index contributed by atoms with van der Waals surface area (Å²) in [7, 11) is 0. The summed E-state index contributed by atoms with van der Waals surface area (Å²) in [6, 6.07) is 12.8. The van der Waals surface area contributed by atoms with E-state index in [-0.39, 0.29) is 12.5 Å². The highest BCUT2D eigenvalue weighted by atomic mass is 79.9. The van der Waals surface area contributed by atoms with Crippen LogP contribution in [0.5, 0.6) is 5.75 Å². The largest absolute Gasteiger partial charge is 0.482 e. The fourth-order valence-electron chi connectivity index (χ4n) is 2.82. The van der Waals surface area contributed by atoms with Gasteiger partial charge in [0.25, 0.3) is 5.91 Å². The van der Waals surface area contributed by atoms with E-state index in [0.29, 0.717) is 28.4 Å². The van der Waals surface area contributed by atoms with Crippen molar-refractivity contribution >= 4 is 54.6 Å². The van der Waals surface area contributed by atoms with E-state index in [1.54, 1.807) is 30.6 Å². The molecule has 1 N–H and O–H groups in total. The van der Waals surface area contributed by atoms with Crippen LogP contribution in [0.1, 0.15) is 5.56 Å². The van der Waals surface area contributed by atoms with Gasteiger partial charge in [-0.1, -0.05) is 15.9 Å². The number of oxazole rings is 1. The molecule has 0 saturated heterocycles. The number of ether oxygens (including phenoxy) is 1. The Labute approximate surface area is 183 Å². The average Bonchev–Trinajstić information content (AvgIpc) is 3.11. The molecule has 0 bridgehead atoms. The first-order valence-electron chi connectivity index (χ1n) is 8.69.